The maximum atomic E-state index is 12.1. The summed E-state index contributed by atoms with van der Waals surface area (Å²) in [6.07, 6.45) is 0. The molecule has 0 aromatic heterocycles. The molecule has 0 saturated carbocycles. The predicted molar refractivity (Wildman–Crippen MR) is 83.3 cm³/mol. The highest BCUT2D eigenvalue weighted by Gasteiger charge is 2.24. The quantitative estimate of drug-likeness (QED) is 0.900. The van der Waals surface area contributed by atoms with E-state index in [1.807, 2.05) is 39.0 Å². The number of amides is 1. The average molecular weight is 270 g/mol. The lowest BCUT2D eigenvalue weighted by molar-refractivity contribution is -0.129. The van der Waals surface area contributed by atoms with Gasteiger partial charge in [-0.2, -0.15) is 0 Å². The third kappa shape index (κ3) is 3.17. The molecule has 0 fully saturated rings. The molecular formula is C17H22N2O. The summed E-state index contributed by atoms with van der Waals surface area (Å²) in [5.41, 5.74) is 6.46. The van der Waals surface area contributed by atoms with E-state index in [0.717, 1.165) is 10.9 Å². The van der Waals surface area contributed by atoms with E-state index in [1.165, 1.54) is 5.39 Å². The topological polar surface area (TPSA) is 55.1 Å². The van der Waals surface area contributed by atoms with Crippen molar-refractivity contribution in [2.24, 2.45) is 11.1 Å². The Hall–Kier alpha value is -1.87. The zero-order chi connectivity index (χ0) is 14.8. The van der Waals surface area contributed by atoms with Crippen molar-refractivity contribution in [3.8, 4) is 0 Å². The van der Waals surface area contributed by atoms with E-state index in [-0.39, 0.29) is 11.9 Å². The number of fused-ring (bicyclic) bond motifs is 1. The summed E-state index contributed by atoms with van der Waals surface area (Å²) in [5.74, 6) is 0.0149. The van der Waals surface area contributed by atoms with E-state index in [4.69, 9.17) is 5.73 Å². The van der Waals surface area contributed by atoms with Gasteiger partial charge in [0.15, 0.2) is 0 Å². The minimum atomic E-state index is -0.412. The van der Waals surface area contributed by atoms with Gasteiger partial charge in [-0.25, -0.2) is 0 Å². The number of hydrogen-bond donors (Lipinski definition) is 2. The summed E-state index contributed by atoms with van der Waals surface area (Å²) in [4.78, 5) is 12.1. The van der Waals surface area contributed by atoms with Crippen LogP contribution in [0.1, 0.15) is 32.4 Å². The van der Waals surface area contributed by atoms with Gasteiger partial charge in [-0.15, -0.1) is 0 Å². The summed E-state index contributed by atoms with van der Waals surface area (Å²) >= 11 is 0. The third-order valence-electron chi connectivity index (χ3n) is 3.40. The molecule has 3 N–H and O–H groups in total. The highest BCUT2D eigenvalue weighted by atomic mass is 16.2. The second kappa shape index (κ2) is 5.63. The molecule has 1 atom stereocenters. The number of hydrogen-bond acceptors (Lipinski definition) is 2. The van der Waals surface area contributed by atoms with Crippen LogP contribution in [-0.2, 0) is 4.79 Å². The summed E-state index contributed by atoms with van der Waals surface area (Å²) in [6, 6.07) is 14.2. The van der Waals surface area contributed by atoms with Crippen molar-refractivity contribution >= 4 is 16.7 Å². The number of benzene rings is 2. The van der Waals surface area contributed by atoms with E-state index < -0.39 is 5.41 Å². The third-order valence-corrected chi connectivity index (χ3v) is 3.40. The molecule has 2 rings (SSSR count). The molecule has 2 aromatic rings. The fourth-order valence-electron chi connectivity index (χ4n) is 2.08. The molecular weight excluding hydrogens is 248 g/mol. The monoisotopic (exact) mass is 270 g/mol. The first kappa shape index (κ1) is 14.5. The Morgan fingerprint density at radius 3 is 2.40 bits per heavy atom. The van der Waals surface area contributed by atoms with Crippen LogP contribution in [0.4, 0.5) is 0 Å². The van der Waals surface area contributed by atoms with Gasteiger partial charge in [-0.3, -0.25) is 4.79 Å². The first-order valence-electron chi connectivity index (χ1n) is 6.91. The molecule has 0 aliphatic carbocycles. The van der Waals surface area contributed by atoms with Gasteiger partial charge in [0.2, 0.25) is 5.91 Å². The van der Waals surface area contributed by atoms with Gasteiger partial charge in [0.25, 0.3) is 0 Å². The van der Waals surface area contributed by atoms with E-state index in [1.54, 1.807) is 0 Å². The second-order valence-electron chi connectivity index (χ2n) is 6.12. The lowest BCUT2D eigenvalue weighted by atomic mass is 9.94. The van der Waals surface area contributed by atoms with Gasteiger partial charge in [0, 0.05) is 12.0 Å². The molecule has 0 spiro atoms. The summed E-state index contributed by atoms with van der Waals surface area (Å²) < 4.78 is 0. The Labute approximate surface area is 120 Å². The van der Waals surface area contributed by atoms with Crippen LogP contribution >= 0.6 is 0 Å². The highest BCUT2D eigenvalue weighted by molar-refractivity contribution is 5.84. The van der Waals surface area contributed by atoms with Gasteiger partial charge in [0.1, 0.15) is 0 Å². The molecule has 3 heteroatoms. The average Bonchev–Trinajstić information content (AvgIpc) is 2.43. The van der Waals surface area contributed by atoms with Gasteiger partial charge in [-0.1, -0.05) is 57.2 Å². The molecule has 0 heterocycles. The SMILES string of the molecule is CC(C)(C)C(=O)NC(CN)c1ccc2ccccc2c1. The van der Waals surface area contributed by atoms with Crippen LogP contribution in [0.2, 0.25) is 0 Å². The Bertz CT molecular complexity index is 614. The zero-order valence-corrected chi connectivity index (χ0v) is 12.3. The van der Waals surface area contributed by atoms with Crippen LogP contribution in [0.25, 0.3) is 10.8 Å². The number of carbonyl (C=O) groups excluding carboxylic acids is 1. The van der Waals surface area contributed by atoms with Crippen LogP contribution in [0.15, 0.2) is 42.5 Å². The van der Waals surface area contributed by atoms with Crippen molar-refractivity contribution in [3.05, 3.63) is 48.0 Å². The molecule has 1 unspecified atom stereocenters. The Morgan fingerprint density at radius 2 is 1.80 bits per heavy atom. The maximum absolute atomic E-state index is 12.1. The molecule has 20 heavy (non-hydrogen) atoms. The molecule has 0 bridgehead atoms. The van der Waals surface area contributed by atoms with E-state index >= 15 is 0 Å². The van der Waals surface area contributed by atoms with Crippen molar-refractivity contribution < 1.29 is 4.79 Å². The number of nitrogens with two attached hydrogens (primary N) is 1. The lowest BCUT2D eigenvalue weighted by Crippen LogP contribution is -2.40. The Morgan fingerprint density at radius 1 is 1.15 bits per heavy atom. The van der Waals surface area contributed by atoms with Crippen molar-refractivity contribution in [2.75, 3.05) is 6.54 Å². The Kier molecular flexibility index (Phi) is 4.09. The van der Waals surface area contributed by atoms with E-state index in [9.17, 15) is 4.79 Å². The molecule has 0 radical (unpaired) electrons. The number of nitrogens with one attached hydrogen (secondary N) is 1. The molecule has 2 aromatic carbocycles. The zero-order valence-electron chi connectivity index (χ0n) is 12.3. The molecule has 0 aliphatic heterocycles. The van der Waals surface area contributed by atoms with Gasteiger partial charge in [-0.05, 0) is 22.4 Å². The molecule has 0 saturated heterocycles. The van der Waals surface area contributed by atoms with Crippen molar-refractivity contribution in [1.29, 1.82) is 0 Å². The van der Waals surface area contributed by atoms with E-state index in [0.29, 0.717) is 6.54 Å². The maximum Gasteiger partial charge on any atom is 0.225 e. The van der Waals surface area contributed by atoms with Crippen molar-refractivity contribution in [1.82, 2.24) is 5.32 Å². The summed E-state index contributed by atoms with van der Waals surface area (Å²) in [5, 5.41) is 5.37. The standard InChI is InChI=1S/C17H22N2O/c1-17(2,3)16(20)19-15(11-18)14-9-8-12-6-4-5-7-13(12)10-14/h4-10,15H,11,18H2,1-3H3,(H,19,20). The van der Waals surface area contributed by atoms with Crippen LogP contribution in [-0.4, -0.2) is 12.5 Å². The lowest BCUT2D eigenvalue weighted by Gasteiger charge is -2.24. The van der Waals surface area contributed by atoms with Crippen LogP contribution in [0.5, 0.6) is 0 Å². The second-order valence-corrected chi connectivity index (χ2v) is 6.12. The van der Waals surface area contributed by atoms with Crippen LogP contribution in [0.3, 0.4) is 0 Å². The van der Waals surface area contributed by atoms with Crippen molar-refractivity contribution in [3.63, 3.8) is 0 Å². The van der Waals surface area contributed by atoms with Crippen LogP contribution in [0, 0.1) is 5.41 Å². The normalized spacial score (nSPS) is 13.2. The summed E-state index contributed by atoms with van der Waals surface area (Å²) in [7, 11) is 0. The highest BCUT2D eigenvalue weighted by Crippen LogP contribution is 2.21. The smallest absolute Gasteiger partial charge is 0.225 e. The largest absolute Gasteiger partial charge is 0.348 e. The minimum Gasteiger partial charge on any atom is -0.348 e. The molecule has 1 amide bonds. The van der Waals surface area contributed by atoms with Gasteiger partial charge in [0.05, 0.1) is 6.04 Å². The molecule has 0 aliphatic rings. The first-order chi connectivity index (χ1) is 9.41. The van der Waals surface area contributed by atoms with E-state index in [2.05, 4.69) is 29.6 Å². The molecule has 3 nitrogen and oxygen atoms in total. The molecule has 106 valence electrons. The number of carbonyl (C=O) groups is 1. The predicted octanol–water partition coefficient (Wildman–Crippen LogP) is 3.00. The minimum absolute atomic E-state index is 0.0149. The summed E-state index contributed by atoms with van der Waals surface area (Å²) in [6.45, 7) is 6.09. The van der Waals surface area contributed by atoms with Gasteiger partial charge >= 0.3 is 0 Å². The van der Waals surface area contributed by atoms with Crippen molar-refractivity contribution in [2.45, 2.75) is 26.8 Å². The first-order valence-corrected chi connectivity index (χ1v) is 6.91. The number of rotatable bonds is 3. The van der Waals surface area contributed by atoms with Crippen LogP contribution < -0.4 is 11.1 Å². The fraction of sp³-hybridized carbons (Fsp3) is 0.353. The fourth-order valence-corrected chi connectivity index (χ4v) is 2.08. The Balaban J connectivity index is 2.27. The van der Waals surface area contributed by atoms with Gasteiger partial charge < -0.3 is 11.1 Å².